The zero-order valence-corrected chi connectivity index (χ0v) is 20.3. The number of ether oxygens (including phenoxy) is 2. The highest BCUT2D eigenvalue weighted by atomic mass is 35.5. The summed E-state index contributed by atoms with van der Waals surface area (Å²) < 4.78 is 11.5. The van der Waals surface area contributed by atoms with Gasteiger partial charge < -0.3 is 19.5 Å². The molecule has 34 heavy (non-hydrogen) atoms. The molecule has 0 bridgehead atoms. The fraction of sp³-hybridized carbons (Fsp3) is 0.200. The maximum absolute atomic E-state index is 13.1. The zero-order chi connectivity index (χ0) is 24.4. The van der Waals surface area contributed by atoms with E-state index in [9.17, 15) is 14.7 Å². The monoisotopic (exact) mass is 519 g/mol. The number of fused-ring (bicyclic) bond motifs is 1. The summed E-state index contributed by atoms with van der Waals surface area (Å²) in [6, 6.07) is 14.7. The number of carbonyl (C=O) groups excluding carboxylic acids is 1. The van der Waals surface area contributed by atoms with Gasteiger partial charge in [-0.15, -0.1) is 0 Å². The van der Waals surface area contributed by atoms with Crippen molar-refractivity contribution in [3.8, 4) is 17.2 Å². The van der Waals surface area contributed by atoms with Crippen LogP contribution in [0.3, 0.4) is 0 Å². The molecule has 9 heteroatoms. The number of halogens is 3. The van der Waals surface area contributed by atoms with Crippen LogP contribution in [0.15, 0.2) is 54.6 Å². The van der Waals surface area contributed by atoms with E-state index in [1.54, 1.807) is 59.5 Å². The van der Waals surface area contributed by atoms with Crippen LogP contribution >= 0.6 is 34.8 Å². The van der Waals surface area contributed by atoms with E-state index in [0.29, 0.717) is 63.7 Å². The molecule has 176 valence electrons. The minimum Gasteiger partial charge on any atom is -0.493 e. The number of benzene rings is 3. The van der Waals surface area contributed by atoms with Crippen molar-refractivity contribution in [2.24, 2.45) is 0 Å². The Morgan fingerprint density at radius 1 is 1.06 bits per heavy atom. The predicted molar refractivity (Wildman–Crippen MR) is 132 cm³/mol. The second kappa shape index (κ2) is 10.1. The summed E-state index contributed by atoms with van der Waals surface area (Å²) in [4.78, 5) is 26.2. The molecule has 1 unspecified atom stereocenters. The second-order valence-electron chi connectivity index (χ2n) is 7.65. The van der Waals surface area contributed by atoms with Crippen molar-refractivity contribution < 1.29 is 24.2 Å². The SMILES string of the molecule is CCN(C(=O)c1ccc(Oc2cc3c(cc2Cl)C(C(=O)O)CCO3)cc1)c1cc(Cl)cc(Cl)c1. The topological polar surface area (TPSA) is 76.1 Å². The number of hydrogen-bond donors (Lipinski definition) is 1. The van der Waals surface area contributed by atoms with E-state index in [2.05, 4.69) is 0 Å². The van der Waals surface area contributed by atoms with E-state index in [-0.39, 0.29) is 10.9 Å². The van der Waals surface area contributed by atoms with Gasteiger partial charge in [0.1, 0.15) is 17.2 Å². The molecule has 1 N–H and O–H groups in total. The van der Waals surface area contributed by atoms with E-state index in [1.807, 2.05) is 6.92 Å². The van der Waals surface area contributed by atoms with Gasteiger partial charge in [0, 0.05) is 39.5 Å². The van der Waals surface area contributed by atoms with Crippen LogP contribution in [0.2, 0.25) is 15.1 Å². The van der Waals surface area contributed by atoms with Gasteiger partial charge in [-0.05, 0) is 61.9 Å². The summed E-state index contributed by atoms with van der Waals surface area (Å²) >= 11 is 18.5. The highest BCUT2D eigenvalue weighted by Gasteiger charge is 2.29. The van der Waals surface area contributed by atoms with Gasteiger partial charge in [-0.2, -0.15) is 0 Å². The van der Waals surface area contributed by atoms with Gasteiger partial charge in [0.25, 0.3) is 5.91 Å². The van der Waals surface area contributed by atoms with E-state index in [4.69, 9.17) is 44.3 Å². The molecule has 3 aromatic carbocycles. The van der Waals surface area contributed by atoms with Crippen LogP contribution in [-0.2, 0) is 4.79 Å². The predicted octanol–water partition coefficient (Wildman–Crippen LogP) is 7.06. The third-order valence-electron chi connectivity index (χ3n) is 5.45. The third-order valence-corrected chi connectivity index (χ3v) is 6.18. The molecule has 0 aromatic heterocycles. The largest absolute Gasteiger partial charge is 0.493 e. The highest BCUT2D eigenvalue weighted by molar-refractivity contribution is 6.35. The average molecular weight is 521 g/mol. The van der Waals surface area contributed by atoms with E-state index >= 15 is 0 Å². The number of anilines is 1. The number of carboxylic acids is 1. The Hall–Kier alpha value is -2.93. The summed E-state index contributed by atoms with van der Waals surface area (Å²) in [6.45, 7) is 2.59. The number of carbonyl (C=O) groups is 2. The van der Waals surface area contributed by atoms with Crippen molar-refractivity contribution in [3.05, 3.63) is 80.8 Å². The van der Waals surface area contributed by atoms with E-state index in [1.165, 1.54) is 0 Å². The van der Waals surface area contributed by atoms with Crippen LogP contribution in [0, 0.1) is 0 Å². The van der Waals surface area contributed by atoms with Gasteiger partial charge in [-0.3, -0.25) is 9.59 Å². The molecule has 0 radical (unpaired) electrons. The zero-order valence-electron chi connectivity index (χ0n) is 18.1. The minimum absolute atomic E-state index is 0.215. The van der Waals surface area contributed by atoms with Crippen LogP contribution in [0.1, 0.15) is 35.2 Å². The Bertz CT molecular complexity index is 1230. The third kappa shape index (κ3) is 5.09. The van der Waals surface area contributed by atoms with Gasteiger partial charge in [0.15, 0.2) is 0 Å². The Labute approximate surface area is 211 Å². The van der Waals surface area contributed by atoms with Crippen LogP contribution in [0.4, 0.5) is 5.69 Å². The smallest absolute Gasteiger partial charge is 0.311 e. The Balaban J connectivity index is 1.54. The lowest BCUT2D eigenvalue weighted by Gasteiger charge is -2.24. The lowest BCUT2D eigenvalue weighted by atomic mass is 9.93. The first-order valence-corrected chi connectivity index (χ1v) is 11.6. The number of aliphatic carboxylic acids is 1. The molecular weight excluding hydrogens is 501 g/mol. The molecule has 0 aliphatic carbocycles. The number of carboxylic acid groups (broad SMARTS) is 1. The van der Waals surface area contributed by atoms with Crippen LogP contribution in [0.25, 0.3) is 0 Å². The Kier molecular flexibility index (Phi) is 7.22. The molecule has 0 spiro atoms. The molecule has 3 aromatic rings. The van der Waals surface area contributed by atoms with E-state index in [0.717, 1.165) is 0 Å². The summed E-state index contributed by atoms with van der Waals surface area (Å²) in [5.41, 5.74) is 1.58. The molecule has 0 saturated heterocycles. The number of nitrogens with zero attached hydrogens (tertiary/aromatic N) is 1. The maximum atomic E-state index is 13.1. The fourth-order valence-corrected chi connectivity index (χ4v) is 4.54. The van der Waals surface area contributed by atoms with Gasteiger partial charge in [0.05, 0.1) is 17.5 Å². The van der Waals surface area contributed by atoms with Gasteiger partial charge >= 0.3 is 5.97 Å². The highest BCUT2D eigenvalue weighted by Crippen LogP contribution is 2.42. The van der Waals surface area contributed by atoms with Gasteiger partial charge in [0.2, 0.25) is 0 Å². The summed E-state index contributed by atoms with van der Waals surface area (Å²) in [5.74, 6) is -0.588. The summed E-state index contributed by atoms with van der Waals surface area (Å²) in [5, 5.41) is 10.6. The number of hydrogen-bond acceptors (Lipinski definition) is 4. The quantitative estimate of drug-likeness (QED) is 0.377. The number of amides is 1. The lowest BCUT2D eigenvalue weighted by Crippen LogP contribution is -2.30. The molecule has 1 aliphatic heterocycles. The summed E-state index contributed by atoms with van der Waals surface area (Å²) in [7, 11) is 0. The van der Waals surface area contributed by atoms with Crippen LogP contribution in [0.5, 0.6) is 17.2 Å². The molecule has 1 amide bonds. The molecule has 0 fully saturated rings. The van der Waals surface area contributed by atoms with Gasteiger partial charge in [-0.25, -0.2) is 0 Å². The van der Waals surface area contributed by atoms with Crippen LogP contribution < -0.4 is 14.4 Å². The first-order chi connectivity index (χ1) is 16.3. The van der Waals surface area contributed by atoms with Gasteiger partial charge in [-0.1, -0.05) is 34.8 Å². The molecule has 6 nitrogen and oxygen atoms in total. The van der Waals surface area contributed by atoms with Crippen molar-refractivity contribution in [2.45, 2.75) is 19.3 Å². The van der Waals surface area contributed by atoms with Crippen molar-refractivity contribution in [1.29, 1.82) is 0 Å². The minimum atomic E-state index is -0.921. The molecular formula is C25H20Cl3NO5. The Morgan fingerprint density at radius 2 is 1.74 bits per heavy atom. The van der Waals surface area contributed by atoms with Crippen molar-refractivity contribution in [1.82, 2.24) is 0 Å². The first-order valence-electron chi connectivity index (χ1n) is 10.5. The molecule has 0 saturated carbocycles. The molecule has 1 atom stereocenters. The normalized spacial score (nSPS) is 14.6. The number of rotatable bonds is 6. The van der Waals surface area contributed by atoms with Crippen molar-refractivity contribution in [2.75, 3.05) is 18.1 Å². The Morgan fingerprint density at radius 3 is 2.35 bits per heavy atom. The van der Waals surface area contributed by atoms with Crippen molar-refractivity contribution in [3.63, 3.8) is 0 Å². The fourth-order valence-electron chi connectivity index (χ4n) is 3.81. The van der Waals surface area contributed by atoms with Crippen molar-refractivity contribution >= 4 is 52.4 Å². The standard InChI is InChI=1S/C25H20Cl3NO5/c1-2-29(17-10-15(26)9-16(27)11-17)24(30)14-3-5-18(6-4-14)34-23-13-22-20(12-21(23)28)19(25(31)32)7-8-33-22/h3-6,9-13,19H,2,7-8H2,1H3,(H,31,32). The lowest BCUT2D eigenvalue weighted by molar-refractivity contribution is -0.139. The van der Waals surface area contributed by atoms with Crippen LogP contribution in [-0.4, -0.2) is 30.1 Å². The first kappa shape index (κ1) is 24.2. The summed E-state index contributed by atoms with van der Waals surface area (Å²) in [6.07, 6.45) is 0.379. The second-order valence-corrected chi connectivity index (χ2v) is 8.93. The maximum Gasteiger partial charge on any atom is 0.311 e. The molecule has 4 rings (SSSR count). The van der Waals surface area contributed by atoms with E-state index < -0.39 is 11.9 Å². The molecule has 1 heterocycles. The average Bonchev–Trinajstić information content (AvgIpc) is 2.79. The molecule has 1 aliphatic rings.